The number of furan rings is 1. The van der Waals surface area contributed by atoms with Crippen LogP contribution in [-0.4, -0.2) is 23.1 Å². The van der Waals surface area contributed by atoms with Crippen LogP contribution in [0, 0.1) is 0 Å². The highest BCUT2D eigenvalue weighted by Gasteiger charge is 2.37. The monoisotopic (exact) mass is 349 g/mol. The Bertz CT molecular complexity index is 778. The maximum Gasteiger partial charge on any atom is 0.235 e. The zero-order valence-corrected chi connectivity index (χ0v) is 14.6. The molecule has 1 aromatic heterocycles. The maximum absolute atomic E-state index is 13.5. The number of hydrogen-bond donors (Lipinski definition) is 0. The minimum Gasteiger partial charge on any atom is -0.466 e. The summed E-state index contributed by atoms with van der Waals surface area (Å²) in [5.41, 5.74) is 2.04. The maximum atomic E-state index is 13.5. The summed E-state index contributed by atoms with van der Waals surface area (Å²) in [6.07, 6.45) is 1.67. The molecule has 1 atom stereocenters. The largest absolute Gasteiger partial charge is 0.466 e. The van der Waals surface area contributed by atoms with Crippen molar-refractivity contribution in [3.05, 3.63) is 95.9 Å². The highest BCUT2D eigenvalue weighted by Crippen LogP contribution is 2.41. The van der Waals surface area contributed by atoms with Crippen LogP contribution in [0.2, 0.25) is 0 Å². The van der Waals surface area contributed by atoms with Gasteiger partial charge in [0, 0.05) is 12.3 Å². The lowest BCUT2D eigenvalue weighted by Gasteiger charge is -2.27. The van der Waals surface area contributed by atoms with Crippen LogP contribution in [0.4, 0.5) is 0 Å². The summed E-state index contributed by atoms with van der Waals surface area (Å²) in [5, 5.41) is -0.0441. The van der Waals surface area contributed by atoms with Gasteiger partial charge < -0.3 is 9.32 Å². The van der Waals surface area contributed by atoms with Crippen LogP contribution >= 0.6 is 11.8 Å². The lowest BCUT2D eigenvalue weighted by molar-refractivity contribution is -0.132. The molecule has 1 unspecified atom stereocenters. The van der Waals surface area contributed by atoms with Gasteiger partial charge in [0.2, 0.25) is 5.91 Å². The van der Waals surface area contributed by atoms with Gasteiger partial charge in [-0.2, -0.15) is 0 Å². The second-order valence-electron chi connectivity index (χ2n) is 6.02. The Morgan fingerprint density at radius 3 is 2.16 bits per heavy atom. The third-order valence-corrected chi connectivity index (χ3v) is 5.69. The molecule has 2 aromatic carbocycles. The summed E-state index contributed by atoms with van der Waals surface area (Å²) in [6.45, 7) is 0.741. The highest BCUT2D eigenvalue weighted by atomic mass is 32.2. The Labute approximate surface area is 151 Å². The van der Waals surface area contributed by atoms with Crippen LogP contribution < -0.4 is 0 Å². The number of nitrogens with zero attached hydrogens (tertiary/aromatic N) is 1. The van der Waals surface area contributed by atoms with Gasteiger partial charge in [-0.25, -0.2) is 0 Å². The summed E-state index contributed by atoms with van der Waals surface area (Å²) >= 11 is 1.76. The average Bonchev–Trinajstić information content (AvgIpc) is 3.35. The van der Waals surface area contributed by atoms with Gasteiger partial charge in [0.1, 0.15) is 11.1 Å². The first kappa shape index (κ1) is 16.0. The number of amides is 1. The Morgan fingerprint density at radius 1 is 0.960 bits per heavy atom. The molecular formula is C21H19NO2S. The third-order valence-electron chi connectivity index (χ3n) is 4.47. The van der Waals surface area contributed by atoms with E-state index in [1.54, 1.807) is 18.0 Å². The van der Waals surface area contributed by atoms with E-state index < -0.39 is 0 Å². The Morgan fingerprint density at radius 2 is 1.60 bits per heavy atom. The van der Waals surface area contributed by atoms with E-state index in [4.69, 9.17) is 4.42 Å². The SMILES string of the molecule is O=C(C(c1ccccc1)c1ccccc1)N1CCSC1c1ccco1. The van der Waals surface area contributed by atoms with Gasteiger partial charge >= 0.3 is 0 Å². The molecule has 1 aliphatic heterocycles. The van der Waals surface area contributed by atoms with E-state index in [0.29, 0.717) is 0 Å². The lowest BCUT2D eigenvalue weighted by atomic mass is 9.90. The van der Waals surface area contributed by atoms with Crippen molar-refractivity contribution in [1.29, 1.82) is 0 Å². The van der Waals surface area contributed by atoms with Gasteiger partial charge in [0.05, 0.1) is 12.2 Å². The molecular weight excluding hydrogens is 330 g/mol. The number of hydrogen-bond acceptors (Lipinski definition) is 3. The van der Waals surface area contributed by atoms with Crippen molar-refractivity contribution in [1.82, 2.24) is 4.90 Å². The fourth-order valence-corrected chi connectivity index (χ4v) is 4.51. The molecule has 1 saturated heterocycles. The van der Waals surface area contributed by atoms with E-state index in [9.17, 15) is 4.79 Å². The molecule has 126 valence electrons. The molecule has 4 rings (SSSR count). The highest BCUT2D eigenvalue weighted by molar-refractivity contribution is 7.99. The predicted octanol–water partition coefficient (Wildman–Crippen LogP) is 4.69. The van der Waals surface area contributed by atoms with Crippen LogP contribution in [0.1, 0.15) is 28.2 Å². The molecule has 0 spiro atoms. The molecule has 2 heterocycles. The van der Waals surface area contributed by atoms with Crippen molar-refractivity contribution in [3.63, 3.8) is 0 Å². The normalized spacial score (nSPS) is 17.2. The second kappa shape index (κ2) is 7.19. The zero-order chi connectivity index (χ0) is 17.1. The van der Waals surface area contributed by atoms with E-state index in [-0.39, 0.29) is 17.2 Å². The standard InChI is InChI=1S/C21H19NO2S/c23-20(22-13-15-25-21(22)18-12-7-14-24-18)19(16-8-3-1-4-9-16)17-10-5-2-6-11-17/h1-12,14,19,21H,13,15H2. The zero-order valence-electron chi connectivity index (χ0n) is 13.7. The van der Waals surface area contributed by atoms with E-state index in [2.05, 4.69) is 0 Å². The number of thioether (sulfide) groups is 1. The summed E-state index contributed by atoms with van der Waals surface area (Å²) < 4.78 is 5.57. The smallest absolute Gasteiger partial charge is 0.235 e. The van der Waals surface area contributed by atoms with Crippen LogP contribution in [0.3, 0.4) is 0 Å². The Kier molecular flexibility index (Phi) is 4.61. The molecule has 0 radical (unpaired) electrons. The topological polar surface area (TPSA) is 33.5 Å². The summed E-state index contributed by atoms with van der Waals surface area (Å²) in [7, 11) is 0. The van der Waals surface area contributed by atoms with Gasteiger partial charge in [0.15, 0.2) is 0 Å². The van der Waals surface area contributed by atoms with Crippen LogP contribution in [0.5, 0.6) is 0 Å². The van der Waals surface area contributed by atoms with Crippen molar-refractivity contribution in [3.8, 4) is 0 Å². The first-order chi connectivity index (χ1) is 12.3. The second-order valence-corrected chi connectivity index (χ2v) is 7.21. The minimum absolute atomic E-state index is 0.0441. The lowest BCUT2D eigenvalue weighted by Crippen LogP contribution is -2.35. The van der Waals surface area contributed by atoms with E-state index >= 15 is 0 Å². The van der Waals surface area contributed by atoms with E-state index in [0.717, 1.165) is 29.2 Å². The van der Waals surface area contributed by atoms with Gasteiger partial charge in [0.25, 0.3) is 0 Å². The molecule has 4 heteroatoms. The third kappa shape index (κ3) is 3.22. The minimum atomic E-state index is -0.293. The first-order valence-electron chi connectivity index (χ1n) is 8.40. The quantitative estimate of drug-likeness (QED) is 0.685. The molecule has 0 bridgehead atoms. The molecule has 3 aromatic rings. The molecule has 1 amide bonds. The summed E-state index contributed by atoms with van der Waals surface area (Å²) in [5.74, 6) is 1.60. The Hall–Kier alpha value is -2.46. The molecule has 3 nitrogen and oxygen atoms in total. The van der Waals surface area contributed by atoms with Crippen LogP contribution in [0.15, 0.2) is 83.5 Å². The fraction of sp³-hybridized carbons (Fsp3) is 0.190. The molecule has 0 aliphatic carbocycles. The predicted molar refractivity (Wildman–Crippen MR) is 100 cm³/mol. The molecule has 25 heavy (non-hydrogen) atoms. The number of carbonyl (C=O) groups is 1. The van der Waals surface area contributed by atoms with Gasteiger partial charge in [-0.05, 0) is 23.3 Å². The molecule has 1 fully saturated rings. The molecule has 1 aliphatic rings. The fourth-order valence-electron chi connectivity index (χ4n) is 3.30. The van der Waals surface area contributed by atoms with Gasteiger partial charge in [-0.1, -0.05) is 60.7 Å². The summed E-state index contributed by atoms with van der Waals surface area (Å²) in [6, 6.07) is 23.8. The molecule has 0 N–H and O–H groups in total. The van der Waals surface area contributed by atoms with Gasteiger partial charge in [-0.15, -0.1) is 11.8 Å². The van der Waals surface area contributed by atoms with Crippen molar-refractivity contribution in [2.24, 2.45) is 0 Å². The first-order valence-corrected chi connectivity index (χ1v) is 9.45. The number of benzene rings is 2. The number of carbonyl (C=O) groups excluding carboxylic acids is 1. The average molecular weight is 349 g/mol. The van der Waals surface area contributed by atoms with Crippen molar-refractivity contribution in [2.45, 2.75) is 11.3 Å². The van der Waals surface area contributed by atoms with Crippen molar-refractivity contribution in [2.75, 3.05) is 12.3 Å². The van der Waals surface area contributed by atoms with Gasteiger partial charge in [-0.3, -0.25) is 4.79 Å². The van der Waals surface area contributed by atoms with Crippen molar-refractivity contribution >= 4 is 17.7 Å². The summed E-state index contributed by atoms with van der Waals surface area (Å²) in [4.78, 5) is 15.5. The number of rotatable bonds is 4. The van der Waals surface area contributed by atoms with E-state index in [1.807, 2.05) is 77.7 Å². The molecule has 0 saturated carbocycles. The van der Waals surface area contributed by atoms with Crippen LogP contribution in [0.25, 0.3) is 0 Å². The van der Waals surface area contributed by atoms with E-state index in [1.165, 1.54) is 0 Å². The van der Waals surface area contributed by atoms with Crippen LogP contribution in [-0.2, 0) is 4.79 Å². The van der Waals surface area contributed by atoms with Crippen molar-refractivity contribution < 1.29 is 9.21 Å². The Balaban J connectivity index is 1.71.